The third-order valence-corrected chi connectivity index (χ3v) is 6.97. The minimum absolute atomic E-state index is 0.0206. The molecule has 0 spiro atoms. The molecule has 144 valence electrons. The normalized spacial score (nSPS) is 16.5. The van der Waals surface area contributed by atoms with Crippen LogP contribution in [0.2, 0.25) is 0 Å². The van der Waals surface area contributed by atoms with Crippen LogP contribution < -0.4 is 4.31 Å². The van der Waals surface area contributed by atoms with Crippen LogP contribution in [0.25, 0.3) is 0 Å². The number of rotatable bonds is 5. The van der Waals surface area contributed by atoms with Crippen LogP contribution in [0.5, 0.6) is 0 Å². The van der Waals surface area contributed by atoms with Crippen molar-refractivity contribution in [1.29, 1.82) is 0 Å². The zero-order valence-electron chi connectivity index (χ0n) is 16.1. The molecule has 1 aliphatic heterocycles. The second kappa shape index (κ2) is 7.24. The lowest BCUT2D eigenvalue weighted by atomic mass is 10.0. The number of hydrogen-bond donors (Lipinski definition) is 0. The van der Waals surface area contributed by atoms with Crippen molar-refractivity contribution in [1.82, 2.24) is 9.97 Å². The van der Waals surface area contributed by atoms with Gasteiger partial charge >= 0.3 is 0 Å². The van der Waals surface area contributed by atoms with Gasteiger partial charge in [0, 0.05) is 23.0 Å². The monoisotopic (exact) mass is 405 g/mol. The molecule has 3 rings (SSSR count). The quantitative estimate of drug-likeness (QED) is 0.432. The summed E-state index contributed by atoms with van der Waals surface area (Å²) in [4.78, 5) is 21.5. The highest BCUT2D eigenvalue weighted by Gasteiger charge is 2.32. The number of Topliss-reactive ketones (excluding diaryl/α,β-unsaturated/α-hetero) is 1. The summed E-state index contributed by atoms with van der Waals surface area (Å²) in [6.07, 6.45) is 1.82. The smallest absolute Gasteiger partial charge is 0.232 e. The molecular weight excluding hydrogens is 382 g/mol. The minimum Gasteiger partial charge on any atom is -0.293 e. The van der Waals surface area contributed by atoms with Gasteiger partial charge in [0.2, 0.25) is 10.0 Å². The molecule has 0 unspecified atom stereocenters. The standard InChI is InChI=1S/C19H23N3O3S2/c1-11-8-16-9-15(6-7-17(16)22(11)27(5,24)25)18(23)10-26-19-20-13(3)12(2)14(4)21-19/h6-7,9,11H,8,10H2,1-5H3/t11-/m1/s1. The molecule has 0 radical (unpaired) electrons. The van der Waals surface area contributed by atoms with E-state index < -0.39 is 10.0 Å². The summed E-state index contributed by atoms with van der Waals surface area (Å²) in [5, 5.41) is 0.599. The third kappa shape index (κ3) is 4.01. The van der Waals surface area contributed by atoms with E-state index >= 15 is 0 Å². The Bertz CT molecular complexity index is 996. The first-order chi connectivity index (χ1) is 12.6. The van der Waals surface area contributed by atoms with Crippen LogP contribution in [-0.2, 0) is 16.4 Å². The zero-order valence-corrected chi connectivity index (χ0v) is 17.7. The Labute approximate surface area is 164 Å². The van der Waals surface area contributed by atoms with Gasteiger partial charge in [0.25, 0.3) is 0 Å². The van der Waals surface area contributed by atoms with Gasteiger partial charge in [-0.25, -0.2) is 18.4 Å². The highest BCUT2D eigenvalue weighted by molar-refractivity contribution is 7.99. The number of fused-ring (bicyclic) bond motifs is 1. The van der Waals surface area contributed by atoms with E-state index in [0.29, 0.717) is 22.8 Å². The van der Waals surface area contributed by atoms with Crippen molar-refractivity contribution in [2.24, 2.45) is 0 Å². The van der Waals surface area contributed by atoms with Gasteiger partial charge < -0.3 is 0 Å². The summed E-state index contributed by atoms with van der Waals surface area (Å²) in [6, 6.07) is 5.10. The van der Waals surface area contributed by atoms with Gasteiger partial charge in [-0.1, -0.05) is 11.8 Å². The molecule has 1 atom stereocenters. The van der Waals surface area contributed by atoms with E-state index in [0.717, 1.165) is 22.5 Å². The van der Waals surface area contributed by atoms with Crippen molar-refractivity contribution in [3.63, 3.8) is 0 Å². The number of benzene rings is 1. The van der Waals surface area contributed by atoms with E-state index in [1.807, 2.05) is 33.8 Å². The highest BCUT2D eigenvalue weighted by atomic mass is 32.2. The minimum atomic E-state index is -3.33. The average molecular weight is 406 g/mol. The molecule has 1 aromatic heterocycles. The van der Waals surface area contributed by atoms with Gasteiger partial charge in [-0.15, -0.1) is 0 Å². The number of carbonyl (C=O) groups excluding carboxylic acids is 1. The molecule has 0 aliphatic carbocycles. The van der Waals surface area contributed by atoms with E-state index in [9.17, 15) is 13.2 Å². The number of ketones is 1. The molecule has 2 aromatic rings. The first-order valence-electron chi connectivity index (χ1n) is 8.68. The second-order valence-electron chi connectivity index (χ2n) is 6.97. The van der Waals surface area contributed by atoms with Crippen LogP contribution in [0.15, 0.2) is 23.4 Å². The van der Waals surface area contributed by atoms with Gasteiger partial charge in [0.05, 0.1) is 17.7 Å². The molecule has 8 heteroatoms. The van der Waals surface area contributed by atoms with E-state index in [1.165, 1.54) is 22.3 Å². The van der Waals surface area contributed by atoms with Crippen LogP contribution in [0.4, 0.5) is 5.69 Å². The molecule has 0 amide bonds. The second-order valence-corrected chi connectivity index (χ2v) is 9.77. The van der Waals surface area contributed by atoms with E-state index in [2.05, 4.69) is 9.97 Å². The molecule has 0 saturated carbocycles. The van der Waals surface area contributed by atoms with Gasteiger partial charge in [-0.3, -0.25) is 9.10 Å². The fraction of sp³-hybridized carbons (Fsp3) is 0.421. The number of carbonyl (C=O) groups is 1. The van der Waals surface area contributed by atoms with Crippen LogP contribution in [0.3, 0.4) is 0 Å². The Kier molecular flexibility index (Phi) is 5.31. The molecule has 0 N–H and O–H groups in total. The van der Waals surface area contributed by atoms with Gasteiger partial charge in [-0.2, -0.15) is 0 Å². The number of nitrogens with zero attached hydrogens (tertiary/aromatic N) is 3. The largest absolute Gasteiger partial charge is 0.293 e. The Hall–Kier alpha value is -1.93. The Morgan fingerprint density at radius 2 is 1.85 bits per heavy atom. The lowest BCUT2D eigenvalue weighted by molar-refractivity contribution is 0.102. The topological polar surface area (TPSA) is 80.2 Å². The van der Waals surface area contributed by atoms with Gasteiger partial charge in [0.15, 0.2) is 10.9 Å². The van der Waals surface area contributed by atoms with Crippen molar-refractivity contribution in [2.45, 2.75) is 45.3 Å². The number of aromatic nitrogens is 2. The molecule has 6 nitrogen and oxygen atoms in total. The number of thioether (sulfide) groups is 1. The Balaban J connectivity index is 1.77. The molecule has 1 aliphatic rings. The maximum Gasteiger partial charge on any atom is 0.232 e. The predicted octanol–water partition coefficient (Wildman–Crippen LogP) is 3.09. The van der Waals surface area contributed by atoms with E-state index in [-0.39, 0.29) is 17.6 Å². The van der Waals surface area contributed by atoms with E-state index in [1.54, 1.807) is 12.1 Å². The number of sulfonamides is 1. The number of anilines is 1. The summed E-state index contributed by atoms with van der Waals surface area (Å²) >= 11 is 1.32. The molecule has 0 bridgehead atoms. The Morgan fingerprint density at radius 1 is 1.22 bits per heavy atom. The number of hydrogen-bond acceptors (Lipinski definition) is 6. The van der Waals surface area contributed by atoms with Crippen LogP contribution in [0.1, 0.15) is 39.8 Å². The first-order valence-corrected chi connectivity index (χ1v) is 11.5. The van der Waals surface area contributed by atoms with Crippen molar-refractivity contribution in [3.05, 3.63) is 46.3 Å². The van der Waals surface area contributed by atoms with Crippen molar-refractivity contribution in [3.8, 4) is 0 Å². The molecule has 1 aromatic carbocycles. The summed E-state index contributed by atoms with van der Waals surface area (Å²) in [5.74, 6) is 0.222. The number of aryl methyl sites for hydroxylation is 2. The molecule has 2 heterocycles. The fourth-order valence-corrected chi connectivity index (χ4v) is 5.39. The van der Waals surface area contributed by atoms with Gasteiger partial charge in [-0.05, 0) is 63.4 Å². The highest BCUT2D eigenvalue weighted by Crippen LogP contribution is 2.35. The molecule has 27 heavy (non-hydrogen) atoms. The maximum atomic E-state index is 12.6. The maximum absolute atomic E-state index is 12.6. The fourth-order valence-electron chi connectivity index (χ4n) is 3.30. The van der Waals surface area contributed by atoms with Crippen LogP contribution in [0, 0.1) is 20.8 Å². The summed E-state index contributed by atoms with van der Waals surface area (Å²) in [7, 11) is -3.33. The summed E-state index contributed by atoms with van der Waals surface area (Å²) in [6.45, 7) is 7.73. The van der Waals surface area contributed by atoms with Crippen molar-refractivity contribution >= 4 is 33.3 Å². The van der Waals surface area contributed by atoms with Crippen LogP contribution in [-0.4, -0.2) is 42.2 Å². The SMILES string of the molecule is Cc1nc(SCC(=O)c2ccc3c(c2)C[C@@H](C)N3S(C)(=O)=O)nc(C)c1C. The van der Waals surface area contributed by atoms with Crippen molar-refractivity contribution < 1.29 is 13.2 Å². The van der Waals surface area contributed by atoms with Crippen LogP contribution >= 0.6 is 11.8 Å². The molecule has 0 saturated heterocycles. The third-order valence-electron chi connectivity index (χ3n) is 4.86. The van der Waals surface area contributed by atoms with Gasteiger partial charge in [0.1, 0.15) is 0 Å². The van der Waals surface area contributed by atoms with E-state index in [4.69, 9.17) is 0 Å². The molecule has 0 fully saturated rings. The predicted molar refractivity (Wildman–Crippen MR) is 108 cm³/mol. The lowest BCUT2D eigenvalue weighted by Gasteiger charge is -2.21. The molecular formula is C19H23N3O3S2. The zero-order chi connectivity index (χ0) is 19.9. The lowest BCUT2D eigenvalue weighted by Crippen LogP contribution is -2.34. The summed E-state index contributed by atoms with van der Waals surface area (Å²) < 4.78 is 25.4. The average Bonchev–Trinajstić information content (AvgIpc) is 2.92. The first kappa shape index (κ1) is 19.8. The van der Waals surface area contributed by atoms with Crippen molar-refractivity contribution in [2.75, 3.05) is 16.3 Å². The Morgan fingerprint density at radius 3 is 2.44 bits per heavy atom. The summed E-state index contributed by atoms with van der Waals surface area (Å²) in [5.41, 5.74) is 5.05.